The van der Waals surface area contributed by atoms with Gasteiger partial charge in [-0.3, -0.25) is 9.69 Å². The molecule has 1 aliphatic heterocycles. The second kappa shape index (κ2) is 10.1. The van der Waals surface area contributed by atoms with E-state index in [0.29, 0.717) is 36.4 Å². The van der Waals surface area contributed by atoms with Crippen LogP contribution < -0.4 is 4.74 Å². The summed E-state index contributed by atoms with van der Waals surface area (Å²) in [6, 6.07) is 21.9. The number of esters is 1. The van der Waals surface area contributed by atoms with Crippen molar-refractivity contribution < 1.29 is 14.3 Å². The zero-order chi connectivity index (χ0) is 24.5. The minimum atomic E-state index is -0.540. The van der Waals surface area contributed by atoms with E-state index in [-0.39, 0.29) is 5.91 Å². The summed E-state index contributed by atoms with van der Waals surface area (Å²) in [7, 11) is 0. The Labute approximate surface area is 225 Å². The van der Waals surface area contributed by atoms with Crippen molar-refractivity contribution in [3.05, 3.63) is 104 Å². The van der Waals surface area contributed by atoms with Crippen LogP contribution in [-0.2, 0) is 11.3 Å². The SMILES string of the molecule is O=C(Oc1ccc(/C=C2\SC(=S)N(Cc3ccccc3)C2=O)cc1)c1sc2cc(Cl)ccc2c1Cl. The van der Waals surface area contributed by atoms with Gasteiger partial charge in [-0.25, -0.2) is 4.79 Å². The minimum Gasteiger partial charge on any atom is -0.422 e. The molecular formula is C26H15Cl2NO3S3. The van der Waals surface area contributed by atoms with E-state index < -0.39 is 5.97 Å². The van der Waals surface area contributed by atoms with E-state index >= 15 is 0 Å². The highest BCUT2D eigenvalue weighted by molar-refractivity contribution is 8.26. The summed E-state index contributed by atoms with van der Waals surface area (Å²) in [5, 5.41) is 1.68. The Morgan fingerprint density at radius 2 is 1.77 bits per heavy atom. The summed E-state index contributed by atoms with van der Waals surface area (Å²) in [6.45, 7) is 0.435. The highest BCUT2D eigenvalue weighted by Crippen LogP contribution is 2.37. The number of rotatable bonds is 5. The van der Waals surface area contributed by atoms with Gasteiger partial charge in [-0.15, -0.1) is 11.3 Å². The van der Waals surface area contributed by atoms with Gasteiger partial charge in [0.2, 0.25) is 0 Å². The summed E-state index contributed by atoms with van der Waals surface area (Å²) in [5.74, 6) is -0.295. The van der Waals surface area contributed by atoms with Crippen molar-refractivity contribution in [2.45, 2.75) is 6.54 Å². The van der Waals surface area contributed by atoms with Crippen LogP contribution in [0.4, 0.5) is 0 Å². The van der Waals surface area contributed by atoms with E-state index in [9.17, 15) is 9.59 Å². The number of carbonyl (C=O) groups excluding carboxylic acids is 2. The van der Waals surface area contributed by atoms with E-state index in [1.165, 1.54) is 23.1 Å². The number of carbonyl (C=O) groups is 2. The van der Waals surface area contributed by atoms with Crippen molar-refractivity contribution in [1.29, 1.82) is 0 Å². The smallest absolute Gasteiger partial charge is 0.355 e. The fraction of sp³-hybridized carbons (Fsp3) is 0.0385. The van der Waals surface area contributed by atoms with Crippen LogP contribution in [0.25, 0.3) is 16.2 Å². The van der Waals surface area contributed by atoms with Gasteiger partial charge in [0.15, 0.2) is 0 Å². The molecule has 0 N–H and O–H groups in total. The molecule has 0 radical (unpaired) electrons. The molecule has 35 heavy (non-hydrogen) atoms. The van der Waals surface area contributed by atoms with Crippen molar-refractivity contribution in [2.24, 2.45) is 0 Å². The van der Waals surface area contributed by atoms with Crippen LogP contribution in [0.15, 0.2) is 77.7 Å². The molecule has 0 spiro atoms. The number of fused-ring (bicyclic) bond motifs is 1. The third kappa shape index (κ3) is 5.15. The Balaban J connectivity index is 1.28. The molecule has 5 rings (SSSR count). The van der Waals surface area contributed by atoms with Gasteiger partial charge in [-0.05, 0) is 41.5 Å². The molecule has 1 aliphatic rings. The average molecular weight is 557 g/mol. The number of thiocarbonyl (C=S) groups is 1. The van der Waals surface area contributed by atoms with Gasteiger partial charge in [-0.1, -0.05) is 95.7 Å². The molecule has 0 unspecified atom stereocenters. The normalized spacial score (nSPS) is 14.8. The number of benzene rings is 3. The maximum Gasteiger partial charge on any atom is 0.355 e. The number of ether oxygens (including phenoxy) is 1. The lowest BCUT2D eigenvalue weighted by atomic mass is 10.2. The number of thiophene rings is 1. The third-order valence-electron chi connectivity index (χ3n) is 5.22. The molecule has 0 atom stereocenters. The molecule has 3 aromatic carbocycles. The Hall–Kier alpha value is -2.68. The summed E-state index contributed by atoms with van der Waals surface area (Å²) >= 11 is 20.4. The Morgan fingerprint density at radius 3 is 2.51 bits per heavy atom. The van der Waals surface area contributed by atoms with Crippen LogP contribution in [0.3, 0.4) is 0 Å². The molecule has 1 amide bonds. The van der Waals surface area contributed by atoms with Gasteiger partial charge in [0.25, 0.3) is 5.91 Å². The summed E-state index contributed by atoms with van der Waals surface area (Å²) in [6.07, 6.45) is 1.78. The molecule has 2 heterocycles. The highest BCUT2D eigenvalue weighted by atomic mass is 35.5. The topological polar surface area (TPSA) is 46.6 Å². The second-order valence-electron chi connectivity index (χ2n) is 7.60. The van der Waals surface area contributed by atoms with E-state index in [4.69, 9.17) is 40.2 Å². The Morgan fingerprint density at radius 1 is 1.03 bits per heavy atom. The van der Waals surface area contributed by atoms with Crippen LogP contribution in [0.5, 0.6) is 5.75 Å². The molecule has 4 aromatic rings. The van der Waals surface area contributed by atoms with E-state index in [0.717, 1.165) is 21.2 Å². The monoisotopic (exact) mass is 555 g/mol. The number of amides is 1. The second-order valence-corrected chi connectivity index (χ2v) is 11.1. The molecule has 1 saturated heterocycles. The van der Waals surface area contributed by atoms with Crippen LogP contribution in [0, 0.1) is 0 Å². The van der Waals surface area contributed by atoms with Gasteiger partial charge in [0.1, 0.15) is 14.9 Å². The number of thioether (sulfide) groups is 1. The fourth-order valence-corrected chi connectivity index (χ4v) is 6.43. The minimum absolute atomic E-state index is 0.126. The molecule has 1 fully saturated rings. The standard InChI is InChI=1S/C26H15Cl2NO3S3/c27-17-8-11-19-20(13-17)34-23(22(19)28)25(31)32-18-9-6-15(7-10-18)12-21-24(30)29(26(33)35-21)14-16-4-2-1-3-5-16/h1-13H,14H2/b21-12-. The lowest BCUT2D eigenvalue weighted by Crippen LogP contribution is -2.27. The molecule has 1 aromatic heterocycles. The van der Waals surface area contributed by atoms with Crippen LogP contribution in [0.2, 0.25) is 10.0 Å². The molecule has 0 saturated carbocycles. The molecule has 9 heteroatoms. The number of nitrogens with zero attached hydrogens (tertiary/aromatic N) is 1. The van der Waals surface area contributed by atoms with Crippen LogP contribution in [0.1, 0.15) is 20.8 Å². The zero-order valence-corrected chi connectivity index (χ0v) is 21.8. The largest absolute Gasteiger partial charge is 0.422 e. The van der Waals surface area contributed by atoms with Gasteiger partial charge < -0.3 is 4.74 Å². The van der Waals surface area contributed by atoms with Crippen molar-refractivity contribution >= 4 is 90.9 Å². The van der Waals surface area contributed by atoms with Crippen molar-refractivity contribution in [1.82, 2.24) is 4.90 Å². The number of hydrogen-bond acceptors (Lipinski definition) is 6. The fourth-order valence-electron chi connectivity index (χ4n) is 3.51. The lowest BCUT2D eigenvalue weighted by Gasteiger charge is -2.14. The van der Waals surface area contributed by atoms with Gasteiger partial charge in [0, 0.05) is 15.1 Å². The molecule has 0 bridgehead atoms. The summed E-state index contributed by atoms with van der Waals surface area (Å²) < 4.78 is 6.86. The van der Waals surface area contributed by atoms with Crippen molar-refractivity contribution in [3.63, 3.8) is 0 Å². The molecule has 4 nitrogen and oxygen atoms in total. The van der Waals surface area contributed by atoms with Crippen LogP contribution in [-0.4, -0.2) is 21.1 Å². The molecular weight excluding hydrogens is 541 g/mol. The first-order valence-corrected chi connectivity index (χ1v) is 13.2. The van der Waals surface area contributed by atoms with Crippen molar-refractivity contribution in [2.75, 3.05) is 0 Å². The van der Waals surface area contributed by atoms with Gasteiger partial charge in [0.05, 0.1) is 16.5 Å². The van der Waals surface area contributed by atoms with E-state index in [1.807, 2.05) is 30.3 Å². The Kier molecular flexibility index (Phi) is 6.95. The van der Waals surface area contributed by atoms with E-state index in [1.54, 1.807) is 53.4 Å². The van der Waals surface area contributed by atoms with E-state index in [2.05, 4.69) is 0 Å². The van der Waals surface area contributed by atoms with Gasteiger partial charge in [-0.2, -0.15) is 0 Å². The number of hydrogen-bond donors (Lipinski definition) is 0. The maximum atomic E-state index is 12.9. The first kappa shape index (κ1) is 24.0. The predicted molar refractivity (Wildman–Crippen MR) is 148 cm³/mol. The lowest BCUT2D eigenvalue weighted by molar-refractivity contribution is -0.122. The quantitative estimate of drug-likeness (QED) is 0.109. The predicted octanol–water partition coefficient (Wildman–Crippen LogP) is 7.83. The Bertz CT molecular complexity index is 1500. The average Bonchev–Trinajstić information content (AvgIpc) is 3.31. The van der Waals surface area contributed by atoms with Crippen LogP contribution >= 0.6 is 58.5 Å². The third-order valence-corrected chi connectivity index (χ3v) is 8.47. The zero-order valence-electron chi connectivity index (χ0n) is 17.9. The number of halogens is 2. The first-order valence-electron chi connectivity index (χ1n) is 10.4. The van der Waals surface area contributed by atoms with Gasteiger partial charge >= 0.3 is 5.97 Å². The maximum absolute atomic E-state index is 12.9. The summed E-state index contributed by atoms with van der Waals surface area (Å²) in [5.41, 5.74) is 1.80. The summed E-state index contributed by atoms with van der Waals surface area (Å²) in [4.78, 5) is 28.0. The van der Waals surface area contributed by atoms with Crippen molar-refractivity contribution in [3.8, 4) is 5.75 Å². The first-order chi connectivity index (χ1) is 16.9. The molecule has 0 aliphatic carbocycles. The highest BCUT2D eigenvalue weighted by Gasteiger charge is 2.32. The molecule has 174 valence electrons.